The largest absolute Gasteiger partial charge is 0.481 e. The lowest BCUT2D eigenvalue weighted by molar-refractivity contribution is -0.150. The number of carbonyl (C=O) groups is 1. The van der Waals surface area contributed by atoms with Crippen molar-refractivity contribution in [2.45, 2.75) is 19.3 Å². The Balaban J connectivity index is 2.33. The molecule has 1 heterocycles. The number of halogens is 1. The van der Waals surface area contributed by atoms with Crippen LogP contribution in [0, 0.1) is 10.8 Å². The van der Waals surface area contributed by atoms with E-state index in [0.29, 0.717) is 23.6 Å². The van der Waals surface area contributed by atoms with Gasteiger partial charge in [0.15, 0.2) is 0 Å². The molecule has 5 heteroatoms. The van der Waals surface area contributed by atoms with Gasteiger partial charge in [0.25, 0.3) is 0 Å². The molecule has 0 amide bonds. The Kier molecular flexibility index (Phi) is 3.30. The molecule has 0 unspecified atom stereocenters. The second kappa shape index (κ2) is 4.61. The third-order valence-corrected chi connectivity index (χ3v) is 3.98. The van der Waals surface area contributed by atoms with Crippen LogP contribution in [0.1, 0.15) is 19.3 Å². The van der Waals surface area contributed by atoms with Crippen LogP contribution in [0.15, 0.2) is 34.7 Å². The van der Waals surface area contributed by atoms with Crippen molar-refractivity contribution in [3.63, 3.8) is 0 Å². The highest BCUT2D eigenvalue weighted by molar-refractivity contribution is 6.39. The van der Waals surface area contributed by atoms with Crippen molar-refractivity contribution >= 4 is 23.8 Å². The van der Waals surface area contributed by atoms with Crippen LogP contribution in [0.4, 0.5) is 0 Å². The van der Waals surface area contributed by atoms with Crippen LogP contribution in [-0.2, 0) is 4.79 Å². The van der Waals surface area contributed by atoms with Gasteiger partial charge in [-0.1, -0.05) is 24.1 Å². The first kappa shape index (κ1) is 12.9. The molecule has 1 saturated carbocycles. The first-order valence-electron chi connectivity index (χ1n) is 5.78. The molecule has 0 aromatic carbocycles. The molecule has 1 aliphatic heterocycles. The Morgan fingerprint density at radius 3 is 2.61 bits per heavy atom. The molecule has 0 radical (unpaired) electrons. The van der Waals surface area contributed by atoms with Crippen LogP contribution >= 0.6 is 11.6 Å². The quantitative estimate of drug-likeness (QED) is 0.772. The summed E-state index contributed by atoms with van der Waals surface area (Å²) in [6.45, 7) is 0. The summed E-state index contributed by atoms with van der Waals surface area (Å²) in [4.78, 5) is 13.2. The summed E-state index contributed by atoms with van der Waals surface area (Å²) < 4.78 is 0. The molecule has 18 heavy (non-hydrogen) atoms. The van der Waals surface area contributed by atoms with Gasteiger partial charge >= 0.3 is 5.97 Å². The Morgan fingerprint density at radius 2 is 2.22 bits per heavy atom. The molecule has 0 aromatic heterocycles. The topological polar surface area (TPSA) is 64.4 Å². The minimum atomic E-state index is -0.761. The number of allylic oxidation sites excluding steroid dienone is 3. The highest BCUT2D eigenvalue weighted by Gasteiger charge is 2.47. The fraction of sp³-hybridized carbons (Fsp3) is 0.385. The lowest BCUT2D eigenvalue weighted by atomic mass is 9.64. The van der Waals surface area contributed by atoms with Gasteiger partial charge < -0.3 is 15.4 Å². The fourth-order valence-corrected chi connectivity index (χ4v) is 2.57. The van der Waals surface area contributed by atoms with E-state index < -0.39 is 11.4 Å². The lowest BCUT2D eigenvalue weighted by Crippen LogP contribution is -2.40. The maximum atomic E-state index is 11.4. The van der Waals surface area contributed by atoms with Crippen molar-refractivity contribution in [3.05, 3.63) is 34.7 Å². The molecule has 0 aromatic rings. The summed E-state index contributed by atoms with van der Waals surface area (Å²) in [6, 6.07) is 0. The van der Waals surface area contributed by atoms with Crippen molar-refractivity contribution in [2.24, 2.45) is 5.41 Å². The lowest BCUT2D eigenvalue weighted by Gasteiger charge is -2.40. The normalized spacial score (nSPS) is 24.1. The molecule has 0 spiro atoms. The van der Waals surface area contributed by atoms with Crippen molar-refractivity contribution in [1.82, 2.24) is 4.90 Å². The number of hydrogen-bond donors (Lipinski definition) is 2. The second-order valence-electron chi connectivity index (χ2n) is 4.65. The van der Waals surface area contributed by atoms with Crippen LogP contribution in [0.2, 0.25) is 0 Å². The van der Waals surface area contributed by atoms with Gasteiger partial charge in [-0.3, -0.25) is 4.79 Å². The number of nitrogens with one attached hydrogen (secondary N) is 1. The van der Waals surface area contributed by atoms with E-state index in [0.717, 1.165) is 18.2 Å². The summed E-state index contributed by atoms with van der Waals surface area (Å²) in [5, 5.41) is 16.8. The van der Waals surface area contributed by atoms with E-state index in [1.54, 1.807) is 30.3 Å². The molecule has 0 bridgehead atoms. The summed E-state index contributed by atoms with van der Waals surface area (Å²) in [5.41, 5.74) is 0.783. The number of hydrogen-bond acceptors (Lipinski definition) is 3. The maximum absolute atomic E-state index is 11.4. The SMILES string of the molecule is CN1C=C(C2(C(=O)O)CCC2)C=C/C1=C(\Cl)C=N. The molecule has 96 valence electrons. The van der Waals surface area contributed by atoms with E-state index in [1.807, 2.05) is 0 Å². The van der Waals surface area contributed by atoms with Crippen LogP contribution in [0.25, 0.3) is 0 Å². The van der Waals surface area contributed by atoms with E-state index in [2.05, 4.69) is 0 Å². The zero-order chi connectivity index (χ0) is 13.3. The third-order valence-electron chi connectivity index (χ3n) is 3.67. The van der Waals surface area contributed by atoms with Gasteiger partial charge in [-0.2, -0.15) is 0 Å². The molecule has 1 fully saturated rings. The van der Waals surface area contributed by atoms with E-state index in [4.69, 9.17) is 17.0 Å². The van der Waals surface area contributed by atoms with Crippen molar-refractivity contribution in [3.8, 4) is 0 Å². The molecule has 0 atom stereocenters. The Labute approximate surface area is 111 Å². The molecule has 2 aliphatic rings. The number of carboxylic acid groups (broad SMARTS) is 1. The van der Waals surface area contributed by atoms with Crippen LogP contribution in [0.5, 0.6) is 0 Å². The van der Waals surface area contributed by atoms with Gasteiger partial charge in [0, 0.05) is 19.5 Å². The Morgan fingerprint density at radius 1 is 1.56 bits per heavy atom. The van der Waals surface area contributed by atoms with Crippen LogP contribution in [-0.4, -0.2) is 29.2 Å². The molecule has 1 aliphatic carbocycles. The van der Waals surface area contributed by atoms with Crippen LogP contribution < -0.4 is 0 Å². The summed E-state index contributed by atoms with van der Waals surface area (Å²) in [5.74, 6) is -0.761. The minimum Gasteiger partial charge on any atom is -0.481 e. The number of likely N-dealkylation sites (N-methyl/N-ethyl adjacent to an activating group) is 1. The molecule has 2 N–H and O–H groups in total. The van der Waals surface area contributed by atoms with Gasteiger partial charge in [0.1, 0.15) is 0 Å². The van der Waals surface area contributed by atoms with Crippen molar-refractivity contribution in [2.75, 3.05) is 7.05 Å². The molecular formula is C13H15ClN2O2. The number of rotatable bonds is 3. The van der Waals surface area contributed by atoms with E-state index in [1.165, 1.54) is 0 Å². The van der Waals surface area contributed by atoms with Gasteiger partial charge in [-0.25, -0.2) is 0 Å². The van der Waals surface area contributed by atoms with Gasteiger partial charge in [0.05, 0.1) is 16.1 Å². The maximum Gasteiger partial charge on any atom is 0.314 e. The monoisotopic (exact) mass is 266 g/mol. The predicted molar refractivity (Wildman–Crippen MR) is 70.6 cm³/mol. The second-order valence-corrected chi connectivity index (χ2v) is 5.05. The fourth-order valence-electron chi connectivity index (χ4n) is 2.37. The number of aliphatic carboxylic acids is 1. The average molecular weight is 267 g/mol. The molecule has 2 rings (SSSR count). The summed E-state index contributed by atoms with van der Waals surface area (Å²) in [7, 11) is 1.80. The van der Waals surface area contributed by atoms with Crippen LogP contribution in [0.3, 0.4) is 0 Å². The highest BCUT2D eigenvalue weighted by Crippen LogP contribution is 2.48. The summed E-state index contributed by atoms with van der Waals surface area (Å²) in [6.07, 6.45) is 8.76. The van der Waals surface area contributed by atoms with E-state index in [9.17, 15) is 9.90 Å². The Bertz CT molecular complexity index is 487. The van der Waals surface area contributed by atoms with E-state index in [-0.39, 0.29) is 0 Å². The number of nitrogens with zero attached hydrogens (tertiary/aromatic N) is 1. The highest BCUT2D eigenvalue weighted by atomic mass is 35.5. The predicted octanol–water partition coefficient (Wildman–Crippen LogP) is 2.73. The minimum absolute atomic E-state index is 0.335. The zero-order valence-corrected chi connectivity index (χ0v) is 10.9. The first-order chi connectivity index (χ1) is 8.51. The molecule has 0 saturated heterocycles. The van der Waals surface area contributed by atoms with Gasteiger partial charge in [-0.05, 0) is 24.5 Å². The first-order valence-corrected chi connectivity index (χ1v) is 6.16. The summed E-state index contributed by atoms with van der Waals surface area (Å²) >= 11 is 5.91. The third kappa shape index (κ3) is 1.86. The van der Waals surface area contributed by atoms with Crippen molar-refractivity contribution in [1.29, 1.82) is 5.41 Å². The average Bonchev–Trinajstić information content (AvgIpc) is 2.26. The van der Waals surface area contributed by atoms with Gasteiger partial charge in [-0.15, -0.1) is 0 Å². The molecular weight excluding hydrogens is 252 g/mol. The zero-order valence-electron chi connectivity index (χ0n) is 10.1. The smallest absolute Gasteiger partial charge is 0.314 e. The Hall–Kier alpha value is -1.55. The van der Waals surface area contributed by atoms with Gasteiger partial charge in [0.2, 0.25) is 0 Å². The van der Waals surface area contributed by atoms with Crippen molar-refractivity contribution < 1.29 is 9.90 Å². The van der Waals surface area contributed by atoms with E-state index >= 15 is 0 Å². The molecule has 4 nitrogen and oxygen atoms in total. The number of carboxylic acids is 1. The standard InChI is InChI=1S/C13H15ClN2O2/c1-16-8-9(3-4-11(16)10(14)7-15)13(12(17)18)5-2-6-13/h3-4,7-8,15H,2,5-6H2,1H3,(H,17,18)/b11-10+,15-7?.